The average Bonchev–Trinajstić information content (AvgIpc) is 2.41. The molecule has 0 aliphatic carbocycles. The molecule has 0 saturated carbocycles. The Balaban J connectivity index is 2.38. The van der Waals surface area contributed by atoms with Crippen LogP contribution in [0.5, 0.6) is 0 Å². The number of carboxylic acid groups (broad SMARTS) is 1. The Morgan fingerprint density at radius 2 is 2.05 bits per heavy atom. The molecule has 0 radical (unpaired) electrons. The number of hydrogen-bond donors (Lipinski definition) is 2. The first-order valence-electron chi connectivity index (χ1n) is 7.66. The SMILES string of the molecule is Cc1cc(C(=O)CCC(C)CCC(C)(C)NC(=O)O)ccn1. The lowest BCUT2D eigenvalue weighted by Gasteiger charge is -2.26. The summed E-state index contributed by atoms with van der Waals surface area (Å²) in [7, 11) is 0. The Kier molecular flexibility index (Phi) is 6.53. The minimum Gasteiger partial charge on any atom is -0.465 e. The number of aryl methyl sites for hydroxylation is 1. The van der Waals surface area contributed by atoms with Crippen molar-refractivity contribution in [3.63, 3.8) is 0 Å². The number of rotatable bonds is 8. The van der Waals surface area contributed by atoms with Gasteiger partial charge in [0, 0.05) is 29.4 Å². The highest BCUT2D eigenvalue weighted by Gasteiger charge is 2.21. The number of hydrogen-bond acceptors (Lipinski definition) is 3. The third kappa shape index (κ3) is 6.70. The van der Waals surface area contributed by atoms with E-state index in [1.807, 2.05) is 26.8 Å². The van der Waals surface area contributed by atoms with Crippen molar-refractivity contribution in [1.29, 1.82) is 0 Å². The minimum atomic E-state index is -0.999. The molecular formula is C17H26N2O3. The molecule has 122 valence electrons. The van der Waals surface area contributed by atoms with Crippen molar-refractivity contribution < 1.29 is 14.7 Å². The summed E-state index contributed by atoms with van der Waals surface area (Å²) in [5, 5.41) is 11.3. The van der Waals surface area contributed by atoms with Crippen LogP contribution in [0, 0.1) is 12.8 Å². The molecule has 1 heterocycles. The van der Waals surface area contributed by atoms with Gasteiger partial charge in [0.2, 0.25) is 0 Å². The molecule has 0 aliphatic heterocycles. The summed E-state index contributed by atoms with van der Waals surface area (Å²) in [5.41, 5.74) is 1.12. The van der Waals surface area contributed by atoms with Crippen LogP contribution < -0.4 is 5.32 Å². The average molecular weight is 306 g/mol. The van der Waals surface area contributed by atoms with Gasteiger partial charge in [-0.15, -0.1) is 0 Å². The first-order chi connectivity index (χ1) is 10.2. The van der Waals surface area contributed by atoms with Crippen molar-refractivity contribution >= 4 is 11.9 Å². The van der Waals surface area contributed by atoms with E-state index in [1.165, 1.54) is 0 Å². The predicted octanol–water partition coefficient (Wildman–Crippen LogP) is 3.82. The third-order valence-corrected chi connectivity index (χ3v) is 3.79. The van der Waals surface area contributed by atoms with E-state index in [9.17, 15) is 9.59 Å². The van der Waals surface area contributed by atoms with E-state index >= 15 is 0 Å². The summed E-state index contributed by atoms with van der Waals surface area (Å²) in [5.74, 6) is 0.516. The Labute approximate surface area is 132 Å². The molecule has 1 aromatic rings. The number of amides is 1. The van der Waals surface area contributed by atoms with E-state index in [2.05, 4.69) is 17.2 Å². The Bertz CT molecular complexity index is 526. The summed E-state index contributed by atoms with van der Waals surface area (Å²) in [6, 6.07) is 3.56. The van der Waals surface area contributed by atoms with Crippen LogP contribution in [-0.4, -0.2) is 27.5 Å². The van der Waals surface area contributed by atoms with Crippen LogP contribution in [0.25, 0.3) is 0 Å². The second kappa shape index (κ2) is 7.92. The molecule has 1 atom stereocenters. The monoisotopic (exact) mass is 306 g/mol. The van der Waals surface area contributed by atoms with Crippen molar-refractivity contribution in [3.05, 3.63) is 29.6 Å². The maximum atomic E-state index is 12.1. The third-order valence-electron chi connectivity index (χ3n) is 3.79. The summed E-state index contributed by atoms with van der Waals surface area (Å²) in [6.45, 7) is 7.72. The smallest absolute Gasteiger partial charge is 0.405 e. The number of nitrogens with zero attached hydrogens (tertiary/aromatic N) is 1. The first-order valence-corrected chi connectivity index (χ1v) is 7.66. The van der Waals surface area contributed by atoms with Gasteiger partial charge in [-0.05, 0) is 58.1 Å². The van der Waals surface area contributed by atoms with Gasteiger partial charge in [-0.25, -0.2) is 4.79 Å². The summed E-state index contributed by atoms with van der Waals surface area (Å²) < 4.78 is 0. The van der Waals surface area contributed by atoms with Gasteiger partial charge in [-0.1, -0.05) is 6.92 Å². The van der Waals surface area contributed by atoms with Crippen LogP contribution in [0.3, 0.4) is 0 Å². The summed E-state index contributed by atoms with van der Waals surface area (Å²) in [6.07, 6.45) is 3.62. The lowest BCUT2D eigenvalue weighted by molar-refractivity contribution is 0.0973. The fraction of sp³-hybridized carbons (Fsp3) is 0.588. The highest BCUT2D eigenvalue weighted by Crippen LogP contribution is 2.20. The van der Waals surface area contributed by atoms with Crippen LogP contribution in [0.15, 0.2) is 18.3 Å². The van der Waals surface area contributed by atoms with Crippen LogP contribution in [0.4, 0.5) is 4.79 Å². The first kappa shape index (κ1) is 18.1. The number of aromatic nitrogens is 1. The number of carbonyl (C=O) groups excluding carboxylic acids is 1. The van der Waals surface area contributed by atoms with Gasteiger partial charge < -0.3 is 10.4 Å². The molecule has 0 aliphatic rings. The Hall–Kier alpha value is -1.91. The standard InChI is InChI=1S/C17H26N2O3/c1-12(7-9-17(3,4)19-16(21)22)5-6-15(20)14-8-10-18-13(2)11-14/h8,10-12,19H,5-7,9H2,1-4H3,(H,21,22). The maximum Gasteiger partial charge on any atom is 0.405 e. The molecule has 1 amide bonds. The van der Waals surface area contributed by atoms with Crippen molar-refractivity contribution in [2.75, 3.05) is 0 Å². The van der Waals surface area contributed by atoms with E-state index in [-0.39, 0.29) is 5.78 Å². The van der Waals surface area contributed by atoms with Gasteiger partial charge in [0.05, 0.1) is 0 Å². The van der Waals surface area contributed by atoms with Gasteiger partial charge in [-0.3, -0.25) is 9.78 Å². The quantitative estimate of drug-likeness (QED) is 0.716. The molecule has 0 saturated heterocycles. The van der Waals surface area contributed by atoms with Crippen LogP contribution in [0.2, 0.25) is 0 Å². The van der Waals surface area contributed by atoms with Crippen LogP contribution in [-0.2, 0) is 0 Å². The molecule has 1 rings (SSSR count). The molecule has 22 heavy (non-hydrogen) atoms. The zero-order chi connectivity index (χ0) is 16.8. The van der Waals surface area contributed by atoms with E-state index in [4.69, 9.17) is 5.11 Å². The maximum absolute atomic E-state index is 12.1. The fourth-order valence-electron chi connectivity index (χ4n) is 2.34. The lowest BCUT2D eigenvalue weighted by Crippen LogP contribution is -2.42. The number of carbonyl (C=O) groups is 2. The van der Waals surface area contributed by atoms with Gasteiger partial charge in [0.15, 0.2) is 5.78 Å². The number of Topliss-reactive ketones (excluding diaryl/α,β-unsaturated/α-hetero) is 1. The van der Waals surface area contributed by atoms with Crippen molar-refractivity contribution in [2.45, 2.75) is 58.9 Å². The zero-order valence-electron chi connectivity index (χ0n) is 13.8. The molecule has 2 N–H and O–H groups in total. The molecule has 5 nitrogen and oxygen atoms in total. The normalized spacial score (nSPS) is 12.7. The highest BCUT2D eigenvalue weighted by atomic mass is 16.4. The molecule has 0 bridgehead atoms. The van der Waals surface area contributed by atoms with Gasteiger partial charge in [0.1, 0.15) is 0 Å². The van der Waals surface area contributed by atoms with Crippen LogP contribution in [0.1, 0.15) is 62.5 Å². The molecule has 0 aromatic carbocycles. The Morgan fingerprint density at radius 1 is 1.36 bits per heavy atom. The predicted molar refractivity (Wildman–Crippen MR) is 86.2 cm³/mol. The van der Waals surface area contributed by atoms with E-state index in [0.29, 0.717) is 17.9 Å². The molecule has 0 fully saturated rings. The number of ketones is 1. The van der Waals surface area contributed by atoms with E-state index < -0.39 is 11.6 Å². The van der Waals surface area contributed by atoms with Gasteiger partial charge in [0.25, 0.3) is 0 Å². The Morgan fingerprint density at radius 3 is 2.64 bits per heavy atom. The summed E-state index contributed by atoms with van der Waals surface area (Å²) in [4.78, 5) is 26.9. The minimum absolute atomic E-state index is 0.139. The summed E-state index contributed by atoms with van der Waals surface area (Å²) >= 11 is 0. The fourth-order valence-corrected chi connectivity index (χ4v) is 2.34. The molecular weight excluding hydrogens is 280 g/mol. The van der Waals surface area contributed by atoms with Gasteiger partial charge in [-0.2, -0.15) is 0 Å². The van der Waals surface area contributed by atoms with Crippen molar-refractivity contribution in [2.24, 2.45) is 5.92 Å². The zero-order valence-corrected chi connectivity index (χ0v) is 13.8. The van der Waals surface area contributed by atoms with Crippen LogP contribution >= 0.6 is 0 Å². The lowest BCUT2D eigenvalue weighted by atomic mass is 9.90. The van der Waals surface area contributed by atoms with E-state index in [0.717, 1.165) is 25.0 Å². The number of nitrogens with one attached hydrogen (secondary N) is 1. The molecule has 1 aromatic heterocycles. The van der Waals surface area contributed by atoms with Crippen molar-refractivity contribution in [1.82, 2.24) is 10.3 Å². The van der Waals surface area contributed by atoms with E-state index in [1.54, 1.807) is 12.3 Å². The molecule has 1 unspecified atom stereocenters. The second-order valence-electron chi connectivity index (χ2n) is 6.61. The second-order valence-corrected chi connectivity index (χ2v) is 6.61. The molecule has 5 heteroatoms. The van der Waals surface area contributed by atoms with Crippen molar-refractivity contribution in [3.8, 4) is 0 Å². The number of pyridine rings is 1. The topological polar surface area (TPSA) is 79.3 Å². The highest BCUT2D eigenvalue weighted by molar-refractivity contribution is 5.96. The largest absolute Gasteiger partial charge is 0.465 e. The van der Waals surface area contributed by atoms with Gasteiger partial charge >= 0.3 is 6.09 Å². The molecule has 0 spiro atoms.